The van der Waals surface area contributed by atoms with Gasteiger partial charge in [0.05, 0.1) is 6.54 Å². The van der Waals surface area contributed by atoms with Crippen LogP contribution in [0.15, 0.2) is 22.4 Å². The van der Waals surface area contributed by atoms with Gasteiger partial charge < -0.3 is 5.32 Å². The Morgan fingerprint density at radius 1 is 1.35 bits per heavy atom. The maximum absolute atomic E-state index is 11.6. The van der Waals surface area contributed by atoms with E-state index in [9.17, 15) is 8.42 Å². The van der Waals surface area contributed by atoms with Crippen molar-refractivity contribution in [3.05, 3.63) is 34.1 Å². The standard InChI is InChI=1S/C11H13ClN4O2S2/c1-7-15-9(12)5-10(16-7)14-6-8-3-4-11(19-8)20(17,18)13-2/h3-5,13H,6H2,1-2H3,(H,14,15,16). The number of hydrogen-bond acceptors (Lipinski definition) is 6. The summed E-state index contributed by atoms with van der Waals surface area (Å²) in [5.74, 6) is 1.18. The van der Waals surface area contributed by atoms with Crippen molar-refractivity contribution in [1.82, 2.24) is 14.7 Å². The Kier molecular flexibility index (Phi) is 4.59. The van der Waals surface area contributed by atoms with Crippen molar-refractivity contribution in [3.8, 4) is 0 Å². The quantitative estimate of drug-likeness (QED) is 0.818. The van der Waals surface area contributed by atoms with Crippen LogP contribution in [0.5, 0.6) is 0 Å². The number of rotatable bonds is 5. The lowest BCUT2D eigenvalue weighted by atomic mass is 10.4. The van der Waals surface area contributed by atoms with Gasteiger partial charge in [-0.2, -0.15) is 0 Å². The second-order valence-corrected chi connectivity index (χ2v) is 7.57. The number of sulfonamides is 1. The van der Waals surface area contributed by atoms with Crippen molar-refractivity contribution < 1.29 is 8.42 Å². The normalized spacial score (nSPS) is 11.6. The van der Waals surface area contributed by atoms with Crippen LogP contribution in [-0.4, -0.2) is 25.4 Å². The Hall–Kier alpha value is -1.22. The number of hydrogen-bond donors (Lipinski definition) is 2. The van der Waals surface area contributed by atoms with E-state index in [0.29, 0.717) is 23.3 Å². The molecule has 0 saturated carbocycles. The van der Waals surface area contributed by atoms with Crippen LogP contribution in [0.3, 0.4) is 0 Å². The number of nitrogens with zero attached hydrogens (tertiary/aromatic N) is 2. The minimum Gasteiger partial charge on any atom is -0.365 e. The molecule has 2 heterocycles. The van der Waals surface area contributed by atoms with Gasteiger partial charge in [-0.3, -0.25) is 0 Å². The fourth-order valence-electron chi connectivity index (χ4n) is 1.50. The van der Waals surface area contributed by atoms with Gasteiger partial charge in [-0.1, -0.05) is 11.6 Å². The van der Waals surface area contributed by atoms with Gasteiger partial charge in [0.15, 0.2) is 0 Å². The maximum Gasteiger partial charge on any atom is 0.249 e. The molecule has 0 bridgehead atoms. The van der Waals surface area contributed by atoms with Crippen molar-refractivity contribution in [3.63, 3.8) is 0 Å². The molecule has 0 aliphatic carbocycles. The smallest absolute Gasteiger partial charge is 0.249 e. The topological polar surface area (TPSA) is 84.0 Å². The molecule has 0 aliphatic heterocycles. The van der Waals surface area contributed by atoms with Crippen LogP contribution in [0.2, 0.25) is 5.15 Å². The van der Waals surface area contributed by atoms with Gasteiger partial charge in [0, 0.05) is 10.9 Å². The third-order valence-corrected chi connectivity index (χ3v) is 5.61. The molecule has 0 atom stereocenters. The van der Waals surface area contributed by atoms with Gasteiger partial charge in [0.25, 0.3) is 0 Å². The molecular weight excluding hydrogens is 320 g/mol. The van der Waals surface area contributed by atoms with Crippen LogP contribution >= 0.6 is 22.9 Å². The Morgan fingerprint density at radius 2 is 2.10 bits per heavy atom. The zero-order chi connectivity index (χ0) is 14.8. The number of anilines is 1. The van der Waals surface area contributed by atoms with E-state index in [-0.39, 0.29) is 4.21 Å². The number of aromatic nitrogens is 2. The highest BCUT2D eigenvalue weighted by Crippen LogP contribution is 2.22. The first-order valence-electron chi connectivity index (χ1n) is 5.68. The molecule has 0 saturated heterocycles. The van der Waals surface area contributed by atoms with Gasteiger partial charge in [0.2, 0.25) is 10.0 Å². The molecule has 2 aromatic heterocycles. The first-order valence-corrected chi connectivity index (χ1v) is 8.36. The third kappa shape index (κ3) is 3.66. The zero-order valence-electron chi connectivity index (χ0n) is 10.8. The van der Waals surface area contributed by atoms with Crippen molar-refractivity contribution in [1.29, 1.82) is 0 Å². The average Bonchev–Trinajstić information content (AvgIpc) is 2.85. The van der Waals surface area contributed by atoms with Crippen LogP contribution < -0.4 is 10.0 Å². The van der Waals surface area contributed by atoms with Crippen molar-refractivity contribution in [2.24, 2.45) is 0 Å². The molecule has 6 nitrogen and oxygen atoms in total. The molecule has 0 fully saturated rings. The summed E-state index contributed by atoms with van der Waals surface area (Å²) in [5.41, 5.74) is 0. The van der Waals surface area contributed by atoms with E-state index < -0.39 is 10.0 Å². The van der Waals surface area contributed by atoms with Gasteiger partial charge in [-0.05, 0) is 26.1 Å². The first-order chi connectivity index (χ1) is 9.40. The Bertz CT molecular complexity index is 695. The molecule has 108 valence electrons. The van der Waals surface area contributed by atoms with E-state index in [0.717, 1.165) is 4.88 Å². The summed E-state index contributed by atoms with van der Waals surface area (Å²) in [6, 6.07) is 4.96. The Balaban J connectivity index is 2.08. The molecule has 0 aromatic carbocycles. The van der Waals surface area contributed by atoms with Crippen molar-refractivity contribution in [2.45, 2.75) is 17.7 Å². The summed E-state index contributed by atoms with van der Waals surface area (Å²) in [7, 11) is -1.99. The molecule has 0 unspecified atom stereocenters. The summed E-state index contributed by atoms with van der Waals surface area (Å²) in [5, 5.41) is 3.45. The lowest BCUT2D eigenvalue weighted by Crippen LogP contribution is -2.17. The van der Waals surface area contributed by atoms with E-state index in [4.69, 9.17) is 11.6 Å². The molecule has 0 spiro atoms. The maximum atomic E-state index is 11.6. The fourth-order valence-corrected chi connectivity index (χ4v) is 3.86. The summed E-state index contributed by atoms with van der Waals surface area (Å²) in [4.78, 5) is 9.04. The molecule has 20 heavy (non-hydrogen) atoms. The Morgan fingerprint density at radius 3 is 2.75 bits per heavy atom. The van der Waals surface area contributed by atoms with Crippen LogP contribution in [0, 0.1) is 6.92 Å². The van der Waals surface area contributed by atoms with Gasteiger partial charge in [-0.15, -0.1) is 11.3 Å². The largest absolute Gasteiger partial charge is 0.365 e. The van der Waals surface area contributed by atoms with E-state index in [1.807, 2.05) is 0 Å². The predicted molar refractivity (Wildman–Crippen MR) is 79.7 cm³/mol. The summed E-state index contributed by atoms with van der Waals surface area (Å²) in [6.07, 6.45) is 0. The fraction of sp³-hybridized carbons (Fsp3) is 0.273. The minimum atomic E-state index is -3.38. The predicted octanol–water partition coefficient (Wildman–Crippen LogP) is 2.02. The van der Waals surface area contributed by atoms with Crippen molar-refractivity contribution >= 4 is 38.8 Å². The van der Waals surface area contributed by atoms with Crippen molar-refractivity contribution in [2.75, 3.05) is 12.4 Å². The average molecular weight is 333 g/mol. The van der Waals surface area contributed by atoms with E-state index in [1.165, 1.54) is 18.4 Å². The lowest BCUT2D eigenvalue weighted by Gasteiger charge is -2.04. The van der Waals surface area contributed by atoms with Crippen LogP contribution in [0.4, 0.5) is 5.82 Å². The van der Waals surface area contributed by atoms with Crippen LogP contribution in [0.25, 0.3) is 0 Å². The van der Waals surface area contributed by atoms with E-state index in [1.54, 1.807) is 25.1 Å². The third-order valence-electron chi connectivity index (χ3n) is 2.42. The number of thiophene rings is 1. The molecule has 0 aliphatic rings. The summed E-state index contributed by atoms with van der Waals surface area (Å²) >= 11 is 7.04. The number of nitrogens with one attached hydrogen (secondary N) is 2. The molecule has 0 radical (unpaired) electrons. The molecule has 2 N–H and O–H groups in total. The second kappa shape index (κ2) is 6.04. The van der Waals surface area contributed by atoms with E-state index >= 15 is 0 Å². The first kappa shape index (κ1) is 15.2. The Labute approximate surface area is 126 Å². The molecule has 0 amide bonds. The highest BCUT2D eigenvalue weighted by molar-refractivity contribution is 7.91. The molecule has 2 rings (SSSR count). The summed E-state index contributed by atoms with van der Waals surface area (Å²) in [6.45, 7) is 2.22. The molecular formula is C11H13ClN4O2S2. The number of halogens is 1. The lowest BCUT2D eigenvalue weighted by molar-refractivity contribution is 0.590. The van der Waals surface area contributed by atoms with Crippen LogP contribution in [-0.2, 0) is 16.6 Å². The minimum absolute atomic E-state index is 0.286. The van der Waals surface area contributed by atoms with Gasteiger partial charge in [0.1, 0.15) is 21.0 Å². The number of aryl methyl sites for hydroxylation is 1. The SMILES string of the molecule is CNS(=O)(=O)c1ccc(CNc2cc(Cl)nc(C)n2)s1. The molecule has 9 heteroatoms. The highest BCUT2D eigenvalue weighted by Gasteiger charge is 2.14. The molecule has 2 aromatic rings. The van der Waals surface area contributed by atoms with Gasteiger partial charge >= 0.3 is 0 Å². The monoisotopic (exact) mass is 332 g/mol. The zero-order valence-corrected chi connectivity index (χ0v) is 13.2. The van der Waals surface area contributed by atoms with Crippen LogP contribution in [0.1, 0.15) is 10.7 Å². The summed E-state index contributed by atoms with van der Waals surface area (Å²) < 4.78 is 25.8. The second-order valence-electron chi connectivity index (χ2n) is 3.90. The van der Waals surface area contributed by atoms with Gasteiger partial charge in [-0.25, -0.2) is 23.1 Å². The highest BCUT2D eigenvalue weighted by atomic mass is 35.5. The van der Waals surface area contributed by atoms with E-state index in [2.05, 4.69) is 20.0 Å².